The molecule has 0 radical (unpaired) electrons. The zero-order valence-corrected chi connectivity index (χ0v) is 13.6. The van der Waals surface area contributed by atoms with Crippen LogP contribution in [0.1, 0.15) is 42.9 Å². The van der Waals surface area contributed by atoms with Crippen LogP contribution in [0.25, 0.3) is 0 Å². The van der Waals surface area contributed by atoms with Gasteiger partial charge in [0.05, 0.1) is 12.2 Å². The van der Waals surface area contributed by atoms with Gasteiger partial charge in [-0.05, 0) is 17.9 Å². The van der Waals surface area contributed by atoms with Gasteiger partial charge in [0.2, 0.25) is 5.91 Å². The van der Waals surface area contributed by atoms with Crippen molar-refractivity contribution in [2.75, 3.05) is 6.61 Å². The molecule has 3 rings (SSSR count). The summed E-state index contributed by atoms with van der Waals surface area (Å²) in [7, 11) is 1.88. The van der Waals surface area contributed by atoms with Crippen LogP contribution >= 0.6 is 0 Å². The average Bonchev–Trinajstić information content (AvgIpc) is 3.16. The van der Waals surface area contributed by atoms with Crippen molar-refractivity contribution in [1.29, 1.82) is 0 Å². The number of nitrogens with zero attached hydrogens (tertiary/aromatic N) is 2. The number of carbonyl (C=O) groups excluding carboxylic acids is 1. The number of amides is 1. The van der Waals surface area contributed by atoms with Gasteiger partial charge < -0.3 is 10.1 Å². The highest BCUT2D eigenvalue weighted by atomic mass is 16.5. The van der Waals surface area contributed by atoms with Crippen LogP contribution in [0.15, 0.2) is 42.7 Å². The predicted molar refractivity (Wildman–Crippen MR) is 87.9 cm³/mol. The van der Waals surface area contributed by atoms with Crippen LogP contribution in [0.3, 0.4) is 0 Å². The van der Waals surface area contributed by atoms with Crippen molar-refractivity contribution in [3.05, 3.63) is 53.9 Å². The molecule has 0 spiro atoms. The van der Waals surface area contributed by atoms with Crippen molar-refractivity contribution >= 4 is 5.91 Å². The van der Waals surface area contributed by atoms with E-state index >= 15 is 0 Å². The molecule has 0 saturated carbocycles. The van der Waals surface area contributed by atoms with E-state index in [0.717, 1.165) is 12.0 Å². The number of ether oxygens (including phenoxy) is 1. The van der Waals surface area contributed by atoms with E-state index in [1.165, 1.54) is 5.56 Å². The lowest BCUT2D eigenvalue weighted by atomic mass is 9.97. The molecule has 1 amide bonds. The molecule has 122 valence electrons. The van der Waals surface area contributed by atoms with Gasteiger partial charge in [0.25, 0.3) is 0 Å². The third kappa shape index (κ3) is 3.79. The van der Waals surface area contributed by atoms with Crippen LogP contribution < -0.4 is 5.32 Å². The van der Waals surface area contributed by atoms with Crippen LogP contribution in [0.4, 0.5) is 0 Å². The summed E-state index contributed by atoms with van der Waals surface area (Å²) in [6.07, 6.45) is 4.98. The van der Waals surface area contributed by atoms with Gasteiger partial charge in [0, 0.05) is 31.8 Å². The molecule has 3 atom stereocenters. The lowest BCUT2D eigenvalue weighted by Gasteiger charge is -2.20. The molecule has 0 aliphatic carbocycles. The maximum atomic E-state index is 12.4. The van der Waals surface area contributed by atoms with E-state index in [9.17, 15) is 4.79 Å². The Morgan fingerprint density at radius 1 is 1.43 bits per heavy atom. The highest BCUT2D eigenvalue weighted by molar-refractivity contribution is 5.77. The van der Waals surface area contributed by atoms with E-state index in [4.69, 9.17) is 4.74 Å². The number of nitrogens with one attached hydrogen (secondary N) is 1. The van der Waals surface area contributed by atoms with Crippen molar-refractivity contribution in [1.82, 2.24) is 15.1 Å². The van der Waals surface area contributed by atoms with Gasteiger partial charge in [0.15, 0.2) is 0 Å². The maximum absolute atomic E-state index is 12.4. The molecule has 0 bridgehead atoms. The van der Waals surface area contributed by atoms with Gasteiger partial charge in [-0.25, -0.2) is 0 Å². The van der Waals surface area contributed by atoms with Crippen molar-refractivity contribution in [3.63, 3.8) is 0 Å². The number of hydrogen-bond donors (Lipinski definition) is 1. The van der Waals surface area contributed by atoms with Crippen LogP contribution in [-0.4, -0.2) is 28.3 Å². The summed E-state index contributed by atoms with van der Waals surface area (Å²) in [5.74, 6) is 0.279. The zero-order valence-electron chi connectivity index (χ0n) is 13.6. The van der Waals surface area contributed by atoms with E-state index in [2.05, 4.69) is 29.5 Å². The van der Waals surface area contributed by atoms with Gasteiger partial charge in [-0.3, -0.25) is 9.48 Å². The van der Waals surface area contributed by atoms with Crippen molar-refractivity contribution < 1.29 is 9.53 Å². The second kappa shape index (κ2) is 6.96. The summed E-state index contributed by atoms with van der Waals surface area (Å²) in [4.78, 5) is 12.4. The van der Waals surface area contributed by atoms with Gasteiger partial charge in [-0.2, -0.15) is 5.10 Å². The van der Waals surface area contributed by atoms with Crippen molar-refractivity contribution in [3.8, 4) is 0 Å². The van der Waals surface area contributed by atoms with Crippen molar-refractivity contribution in [2.24, 2.45) is 7.05 Å². The summed E-state index contributed by atoms with van der Waals surface area (Å²) in [6.45, 7) is 2.75. The Balaban J connectivity index is 1.59. The third-order valence-electron chi connectivity index (χ3n) is 4.35. The maximum Gasteiger partial charge on any atom is 0.220 e. The molecule has 1 aliphatic rings. The molecule has 1 fully saturated rings. The molecule has 1 aromatic heterocycles. The normalized spacial score (nSPS) is 22.0. The number of aryl methyl sites for hydroxylation is 1. The highest BCUT2D eigenvalue weighted by Gasteiger charge is 2.32. The highest BCUT2D eigenvalue weighted by Crippen LogP contribution is 2.29. The molecule has 1 saturated heterocycles. The number of rotatable bonds is 5. The lowest BCUT2D eigenvalue weighted by molar-refractivity contribution is -0.122. The Hall–Kier alpha value is -2.14. The Labute approximate surface area is 136 Å². The van der Waals surface area contributed by atoms with Crippen LogP contribution in [0.5, 0.6) is 0 Å². The quantitative estimate of drug-likeness (QED) is 0.923. The second-order valence-corrected chi connectivity index (χ2v) is 6.22. The number of hydrogen-bond acceptors (Lipinski definition) is 3. The minimum atomic E-state index is -0.0975. The fourth-order valence-corrected chi connectivity index (χ4v) is 3.10. The smallest absolute Gasteiger partial charge is 0.220 e. The first kappa shape index (κ1) is 15.7. The summed E-state index contributed by atoms with van der Waals surface area (Å²) in [5.41, 5.74) is 2.21. The largest absolute Gasteiger partial charge is 0.371 e. The molecule has 1 N–H and O–H groups in total. The topological polar surface area (TPSA) is 56.1 Å². The fraction of sp³-hybridized carbons (Fsp3) is 0.444. The summed E-state index contributed by atoms with van der Waals surface area (Å²) in [6, 6.07) is 10.2. The minimum absolute atomic E-state index is 0.0228. The Morgan fingerprint density at radius 3 is 2.91 bits per heavy atom. The van der Waals surface area contributed by atoms with E-state index in [1.807, 2.05) is 37.6 Å². The average molecular weight is 313 g/mol. The number of carbonyl (C=O) groups is 1. The monoisotopic (exact) mass is 313 g/mol. The van der Waals surface area contributed by atoms with Gasteiger partial charge in [-0.1, -0.05) is 37.3 Å². The Kier molecular flexibility index (Phi) is 4.76. The van der Waals surface area contributed by atoms with Crippen LogP contribution in [0.2, 0.25) is 0 Å². The minimum Gasteiger partial charge on any atom is -0.371 e. The van der Waals surface area contributed by atoms with E-state index < -0.39 is 0 Å². The summed E-state index contributed by atoms with van der Waals surface area (Å²) < 4.78 is 7.54. The molecule has 1 aromatic carbocycles. The predicted octanol–water partition coefficient (Wildman–Crippen LogP) is 2.56. The third-order valence-corrected chi connectivity index (χ3v) is 4.35. The number of benzene rings is 1. The first-order valence-electron chi connectivity index (χ1n) is 8.08. The lowest BCUT2D eigenvalue weighted by Crippen LogP contribution is -2.37. The van der Waals surface area contributed by atoms with E-state index in [1.54, 1.807) is 4.68 Å². The molecule has 0 unspecified atom stereocenters. The first-order valence-corrected chi connectivity index (χ1v) is 8.08. The molecular weight excluding hydrogens is 290 g/mol. The molecule has 5 nitrogen and oxygen atoms in total. The van der Waals surface area contributed by atoms with Crippen molar-refractivity contribution in [2.45, 2.75) is 37.8 Å². The summed E-state index contributed by atoms with van der Waals surface area (Å²) >= 11 is 0. The SMILES string of the molecule is C[C@H](CC(=O)N[C@H]1CCO[C@@H]1c1cnn(C)c1)c1ccccc1. The van der Waals surface area contributed by atoms with Gasteiger partial charge in [-0.15, -0.1) is 0 Å². The number of aromatic nitrogens is 2. The fourth-order valence-electron chi connectivity index (χ4n) is 3.10. The summed E-state index contributed by atoms with van der Waals surface area (Å²) in [5, 5.41) is 7.32. The Morgan fingerprint density at radius 2 is 2.22 bits per heavy atom. The van der Waals surface area contributed by atoms with Gasteiger partial charge in [0.1, 0.15) is 6.10 Å². The van der Waals surface area contributed by atoms with E-state index in [-0.39, 0.29) is 24.0 Å². The van der Waals surface area contributed by atoms with Crippen LogP contribution in [0, 0.1) is 0 Å². The molecule has 5 heteroatoms. The molecule has 23 heavy (non-hydrogen) atoms. The second-order valence-electron chi connectivity index (χ2n) is 6.22. The zero-order chi connectivity index (χ0) is 16.2. The molecule has 2 heterocycles. The molecule has 1 aliphatic heterocycles. The Bertz CT molecular complexity index is 653. The van der Waals surface area contributed by atoms with E-state index in [0.29, 0.717) is 13.0 Å². The molecule has 2 aromatic rings. The standard InChI is InChI=1S/C18H23N3O2/c1-13(14-6-4-3-5-7-14)10-17(22)20-16-8-9-23-18(16)15-11-19-21(2)12-15/h3-7,11-13,16,18H,8-10H2,1-2H3,(H,20,22)/t13-,16+,18-/m1/s1. The first-order chi connectivity index (χ1) is 11.1. The molecular formula is C18H23N3O2. The van der Waals surface area contributed by atoms with Gasteiger partial charge >= 0.3 is 0 Å². The van der Waals surface area contributed by atoms with Crippen LogP contribution in [-0.2, 0) is 16.6 Å².